The van der Waals surface area contributed by atoms with Crippen LogP contribution in [0, 0.1) is 3.57 Å². The fourth-order valence-electron chi connectivity index (χ4n) is 1.01. The minimum atomic E-state index is -4.80. The molecule has 16 heavy (non-hydrogen) atoms. The van der Waals surface area contributed by atoms with Crippen LogP contribution in [-0.4, -0.2) is 17.5 Å². The number of ketones is 1. The van der Waals surface area contributed by atoms with Crippen LogP contribution < -0.4 is 4.74 Å². The quantitative estimate of drug-likeness (QED) is 0.432. The number of carbonyl (C=O) groups excluding carboxylic acids is 1. The SMILES string of the molecule is O=C(CBr)c1ccc(I)cc1OC(F)(F)F. The van der Waals surface area contributed by atoms with E-state index in [1.54, 1.807) is 6.07 Å². The zero-order chi connectivity index (χ0) is 12.3. The van der Waals surface area contributed by atoms with Crippen LogP contribution in [0.2, 0.25) is 0 Å². The molecule has 2 nitrogen and oxygen atoms in total. The average molecular weight is 409 g/mol. The molecule has 0 radical (unpaired) electrons. The zero-order valence-corrected chi connectivity index (χ0v) is 11.4. The summed E-state index contributed by atoms with van der Waals surface area (Å²) in [5.41, 5.74) is -0.0883. The van der Waals surface area contributed by atoms with E-state index in [2.05, 4.69) is 20.7 Å². The van der Waals surface area contributed by atoms with Gasteiger partial charge in [-0.15, -0.1) is 13.2 Å². The van der Waals surface area contributed by atoms with E-state index >= 15 is 0 Å². The molecule has 88 valence electrons. The van der Waals surface area contributed by atoms with Crippen molar-refractivity contribution >= 4 is 44.3 Å². The Morgan fingerprint density at radius 2 is 2.06 bits per heavy atom. The monoisotopic (exact) mass is 408 g/mol. The molecule has 1 rings (SSSR count). The summed E-state index contributed by atoms with van der Waals surface area (Å²) >= 11 is 4.73. The van der Waals surface area contributed by atoms with Crippen molar-refractivity contribution in [1.29, 1.82) is 0 Å². The Bertz CT molecular complexity index is 406. The van der Waals surface area contributed by atoms with E-state index in [9.17, 15) is 18.0 Å². The first-order chi connectivity index (χ1) is 7.33. The molecule has 0 N–H and O–H groups in total. The van der Waals surface area contributed by atoms with E-state index < -0.39 is 17.9 Å². The summed E-state index contributed by atoms with van der Waals surface area (Å²) in [6, 6.07) is 4.02. The smallest absolute Gasteiger partial charge is 0.405 e. The van der Waals surface area contributed by atoms with Gasteiger partial charge in [0.05, 0.1) is 10.9 Å². The highest BCUT2D eigenvalue weighted by atomic mass is 127. The Kier molecular flexibility index (Phi) is 4.60. The molecule has 0 unspecified atom stereocenters. The number of hydrogen-bond donors (Lipinski definition) is 0. The highest BCUT2D eigenvalue weighted by molar-refractivity contribution is 14.1. The maximum absolute atomic E-state index is 12.1. The molecule has 0 aliphatic heterocycles. The number of ether oxygens (including phenoxy) is 1. The zero-order valence-electron chi connectivity index (χ0n) is 7.65. The van der Waals surface area contributed by atoms with Gasteiger partial charge in [0.25, 0.3) is 0 Å². The van der Waals surface area contributed by atoms with Crippen molar-refractivity contribution in [3.05, 3.63) is 27.3 Å². The Morgan fingerprint density at radius 3 is 2.56 bits per heavy atom. The molecule has 0 saturated heterocycles. The molecule has 1 aromatic rings. The van der Waals surface area contributed by atoms with E-state index in [1.807, 2.05) is 22.6 Å². The van der Waals surface area contributed by atoms with Gasteiger partial charge in [0.1, 0.15) is 5.75 Å². The molecule has 0 heterocycles. The summed E-state index contributed by atoms with van der Waals surface area (Å²) < 4.78 is 40.6. The maximum atomic E-state index is 12.1. The highest BCUT2D eigenvalue weighted by Gasteiger charge is 2.32. The third-order valence-corrected chi connectivity index (χ3v) is 2.77. The van der Waals surface area contributed by atoms with E-state index in [-0.39, 0.29) is 10.9 Å². The standard InChI is InChI=1S/C9H5BrF3IO2/c10-4-7(15)6-2-1-5(14)3-8(6)16-9(11,12)13/h1-3H,4H2. The second-order valence-corrected chi connectivity index (χ2v) is 4.55. The van der Waals surface area contributed by atoms with Crippen molar-refractivity contribution in [2.75, 3.05) is 5.33 Å². The molecule has 0 bridgehead atoms. The minimum Gasteiger partial charge on any atom is -0.405 e. The first kappa shape index (κ1) is 13.8. The lowest BCUT2D eigenvalue weighted by atomic mass is 10.1. The number of alkyl halides is 4. The maximum Gasteiger partial charge on any atom is 0.573 e. The van der Waals surface area contributed by atoms with Crippen molar-refractivity contribution in [3.8, 4) is 5.75 Å². The van der Waals surface area contributed by atoms with Crippen LogP contribution in [0.5, 0.6) is 5.75 Å². The molecule has 0 aliphatic carbocycles. The van der Waals surface area contributed by atoms with E-state index in [0.717, 1.165) is 0 Å². The molecule has 0 spiro atoms. The lowest BCUT2D eigenvalue weighted by molar-refractivity contribution is -0.274. The summed E-state index contributed by atoms with van der Waals surface area (Å²) in [6.07, 6.45) is -4.80. The molecule has 0 fully saturated rings. The lowest BCUT2D eigenvalue weighted by Crippen LogP contribution is -2.19. The molecule has 1 aromatic carbocycles. The summed E-state index contributed by atoms with van der Waals surface area (Å²) in [5.74, 6) is -0.931. The number of halogens is 5. The topological polar surface area (TPSA) is 26.3 Å². The van der Waals surface area contributed by atoms with E-state index in [4.69, 9.17) is 0 Å². The van der Waals surface area contributed by atoms with Crippen LogP contribution >= 0.6 is 38.5 Å². The minimum absolute atomic E-state index is 0.0538. The molecule has 0 atom stereocenters. The van der Waals surface area contributed by atoms with Gasteiger partial charge < -0.3 is 4.74 Å². The Balaban J connectivity index is 3.13. The number of hydrogen-bond acceptors (Lipinski definition) is 2. The largest absolute Gasteiger partial charge is 0.573 e. The Labute approximate surface area is 111 Å². The lowest BCUT2D eigenvalue weighted by Gasteiger charge is -2.12. The summed E-state index contributed by atoms with van der Waals surface area (Å²) in [6.45, 7) is 0. The van der Waals surface area contributed by atoms with E-state index in [1.165, 1.54) is 12.1 Å². The van der Waals surface area contributed by atoms with Gasteiger partial charge in [-0.25, -0.2) is 0 Å². The molecule has 7 heteroatoms. The molecule has 0 aromatic heterocycles. The molecule has 0 amide bonds. The average Bonchev–Trinajstić information content (AvgIpc) is 2.14. The number of Topliss-reactive ketones (excluding diaryl/α,β-unsaturated/α-hetero) is 1. The number of benzene rings is 1. The first-order valence-electron chi connectivity index (χ1n) is 3.98. The number of carbonyl (C=O) groups is 1. The third-order valence-electron chi connectivity index (χ3n) is 1.59. The van der Waals surface area contributed by atoms with Gasteiger partial charge in [-0.05, 0) is 40.8 Å². The van der Waals surface area contributed by atoms with Crippen LogP contribution in [-0.2, 0) is 0 Å². The summed E-state index contributed by atoms with van der Waals surface area (Å²) in [7, 11) is 0. The van der Waals surface area contributed by atoms with Crippen LogP contribution in [0.15, 0.2) is 18.2 Å². The fourth-order valence-corrected chi connectivity index (χ4v) is 1.77. The van der Waals surface area contributed by atoms with Gasteiger partial charge in [0, 0.05) is 3.57 Å². The van der Waals surface area contributed by atoms with Crippen LogP contribution in [0.4, 0.5) is 13.2 Å². The molecule has 0 saturated carbocycles. The van der Waals surface area contributed by atoms with Gasteiger partial charge in [-0.3, -0.25) is 4.79 Å². The van der Waals surface area contributed by atoms with Crippen LogP contribution in [0.25, 0.3) is 0 Å². The summed E-state index contributed by atoms with van der Waals surface area (Å²) in [4.78, 5) is 11.3. The van der Waals surface area contributed by atoms with Crippen molar-refractivity contribution in [3.63, 3.8) is 0 Å². The Hall–Kier alpha value is -0.310. The van der Waals surface area contributed by atoms with Crippen LogP contribution in [0.1, 0.15) is 10.4 Å². The normalized spacial score (nSPS) is 11.3. The first-order valence-corrected chi connectivity index (χ1v) is 6.18. The second-order valence-electron chi connectivity index (χ2n) is 2.75. The van der Waals surface area contributed by atoms with Crippen molar-refractivity contribution in [1.82, 2.24) is 0 Å². The predicted molar refractivity (Wildman–Crippen MR) is 64.0 cm³/mol. The van der Waals surface area contributed by atoms with Gasteiger partial charge in [-0.1, -0.05) is 15.9 Å². The van der Waals surface area contributed by atoms with Crippen molar-refractivity contribution in [2.24, 2.45) is 0 Å². The highest BCUT2D eigenvalue weighted by Crippen LogP contribution is 2.28. The van der Waals surface area contributed by atoms with Gasteiger partial charge in [-0.2, -0.15) is 0 Å². The molecule has 0 aliphatic rings. The van der Waals surface area contributed by atoms with Gasteiger partial charge in [0.2, 0.25) is 0 Å². The third kappa shape index (κ3) is 3.93. The second kappa shape index (κ2) is 5.35. The van der Waals surface area contributed by atoms with Crippen LogP contribution in [0.3, 0.4) is 0 Å². The van der Waals surface area contributed by atoms with Crippen molar-refractivity contribution < 1.29 is 22.7 Å². The Morgan fingerprint density at radius 1 is 1.44 bits per heavy atom. The summed E-state index contributed by atoms with van der Waals surface area (Å²) in [5, 5.41) is -0.0538. The fraction of sp³-hybridized carbons (Fsp3) is 0.222. The molecular formula is C9H5BrF3IO2. The predicted octanol–water partition coefficient (Wildman–Crippen LogP) is 3.77. The number of rotatable bonds is 3. The van der Waals surface area contributed by atoms with E-state index in [0.29, 0.717) is 3.57 Å². The van der Waals surface area contributed by atoms with Gasteiger partial charge in [0.15, 0.2) is 5.78 Å². The van der Waals surface area contributed by atoms with Crippen molar-refractivity contribution in [2.45, 2.75) is 6.36 Å². The van der Waals surface area contributed by atoms with Gasteiger partial charge >= 0.3 is 6.36 Å². The molecular weight excluding hydrogens is 404 g/mol.